The molecule has 0 bridgehead atoms. The summed E-state index contributed by atoms with van der Waals surface area (Å²) in [5.41, 5.74) is 2.10. The molecule has 1 unspecified atom stereocenters. The van der Waals surface area contributed by atoms with Crippen LogP contribution in [0.3, 0.4) is 0 Å². The minimum atomic E-state index is -4.11. The fourth-order valence-corrected chi connectivity index (χ4v) is 1.83. The molecular formula is C14H20F3NO. The molecule has 0 saturated heterocycles. The van der Waals surface area contributed by atoms with Crippen LogP contribution in [0.4, 0.5) is 13.2 Å². The van der Waals surface area contributed by atoms with E-state index >= 15 is 0 Å². The smallest absolute Gasteiger partial charge is 0.372 e. The zero-order valence-electron chi connectivity index (χ0n) is 11.3. The van der Waals surface area contributed by atoms with Gasteiger partial charge in [-0.15, -0.1) is 0 Å². The summed E-state index contributed by atoms with van der Waals surface area (Å²) < 4.78 is 41.7. The van der Waals surface area contributed by atoms with Gasteiger partial charge in [-0.05, 0) is 26.0 Å². The van der Waals surface area contributed by atoms with E-state index in [0.29, 0.717) is 6.54 Å². The molecule has 1 rings (SSSR count). The highest BCUT2D eigenvalue weighted by Gasteiger charge is 2.26. The number of alkyl halides is 3. The third-order valence-corrected chi connectivity index (χ3v) is 2.73. The second kappa shape index (κ2) is 7.50. The normalized spacial score (nSPS) is 13.5. The van der Waals surface area contributed by atoms with Crippen molar-refractivity contribution in [1.82, 2.24) is 5.32 Å². The van der Waals surface area contributed by atoms with Crippen molar-refractivity contribution in [3.63, 3.8) is 0 Å². The van der Waals surface area contributed by atoms with Gasteiger partial charge in [0.25, 0.3) is 0 Å². The van der Waals surface area contributed by atoms with Gasteiger partial charge in [0.2, 0.25) is 0 Å². The average Bonchev–Trinajstić information content (AvgIpc) is 2.32. The van der Waals surface area contributed by atoms with E-state index in [9.17, 15) is 13.2 Å². The van der Waals surface area contributed by atoms with Crippen LogP contribution in [0.1, 0.15) is 30.1 Å². The number of nitrogens with one attached hydrogen (secondary N) is 1. The van der Waals surface area contributed by atoms with E-state index in [-0.39, 0.29) is 19.1 Å². The summed E-state index contributed by atoms with van der Waals surface area (Å²) in [5.74, 6) is 0. The van der Waals surface area contributed by atoms with Crippen LogP contribution in [0.2, 0.25) is 0 Å². The van der Waals surface area contributed by atoms with E-state index < -0.39 is 12.6 Å². The SMILES string of the molecule is CNCC(OCCCC(F)(F)F)c1cccc(C)c1. The third-order valence-electron chi connectivity index (χ3n) is 2.73. The molecule has 0 radical (unpaired) electrons. The molecule has 0 fully saturated rings. The van der Waals surface area contributed by atoms with Gasteiger partial charge in [0, 0.05) is 19.6 Å². The van der Waals surface area contributed by atoms with E-state index in [1.807, 2.05) is 31.2 Å². The van der Waals surface area contributed by atoms with Crippen molar-refractivity contribution >= 4 is 0 Å². The average molecular weight is 275 g/mol. The van der Waals surface area contributed by atoms with Crippen molar-refractivity contribution in [2.24, 2.45) is 0 Å². The van der Waals surface area contributed by atoms with Crippen molar-refractivity contribution in [3.8, 4) is 0 Å². The summed E-state index contributed by atoms with van der Waals surface area (Å²) in [6.45, 7) is 2.67. The first-order valence-corrected chi connectivity index (χ1v) is 6.32. The highest BCUT2D eigenvalue weighted by molar-refractivity contribution is 5.24. The molecule has 19 heavy (non-hydrogen) atoms. The first kappa shape index (κ1) is 16.0. The molecule has 1 aromatic carbocycles. The maximum Gasteiger partial charge on any atom is 0.389 e. The Morgan fingerprint density at radius 3 is 2.63 bits per heavy atom. The summed E-state index contributed by atoms with van der Waals surface area (Å²) in [7, 11) is 1.79. The van der Waals surface area contributed by atoms with E-state index in [1.54, 1.807) is 7.05 Å². The highest BCUT2D eigenvalue weighted by Crippen LogP contribution is 2.23. The first-order chi connectivity index (χ1) is 8.92. The Bertz CT molecular complexity index is 379. The largest absolute Gasteiger partial charge is 0.389 e. The molecule has 5 heteroatoms. The van der Waals surface area contributed by atoms with Gasteiger partial charge in [0.1, 0.15) is 0 Å². The quantitative estimate of drug-likeness (QED) is 0.767. The molecule has 0 spiro atoms. The zero-order chi connectivity index (χ0) is 14.3. The molecule has 0 saturated carbocycles. The van der Waals surface area contributed by atoms with Crippen molar-refractivity contribution in [1.29, 1.82) is 0 Å². The van der Waals surface area contributed by atoms with Gasteiger partial charge in [-0.3, -0.25) is 0 Å². The zero-order valence-corrected chi connectivity index (χ0v) is 11.3. The van der Waals surface area contributed by atoms with E-state index in [0.717, 1.165) is 11.1 Å². The Hall–Kier alpha value is -1.07. The van der Waals surface area contributed by atoms with Gasteiger partial charge in [0.05, 0.1) is 6.10 Å². The first-order valence-electron chi connectivity index (χ1n) is 6.32. The molecule has 0 heterocycles. The number of hydrogen-bond donors (Lipinski definition) is 1. The lowest BCUT2D eigenvalue weighted by Gasteiger charge is -2.19. The Morgan fingerprint density at radius 1 is 1.32 bits per heavy atom. The summed E-state index contributed by atoms with van der Waals surface area (Å²) in [5, 5.41) is 3.00. The van der Waals surface area contributed by atoms with Crippen molar-refractivity contribution in [2.75, 3.05) is 20.2 Å². The fourth-order valence-electron chi connectivity index (χ4n) is 1.83. The maximum atomic E-state index is 12.0. The topological polar surface area (TPSA) is 21.3 Å². The Labute approximate surface area is 112 Å². The van der Waals surface area contributed by atoms with Crippen LogP contribution < -0.4 is 5.32 Å². The minimum Gasteiger partial charge on any atom is -0.372 e. The van der Waals surface area contributed by atoms with Crippen LogP contribution in [-0.2, 0) is 4.74 Å². The van der Waals surface area contributed by atoms with Crippen LogP contribution in [0, 0.1) is 6.92 Å². The van der Waals surface area contributed by atoms with Gasteiger partial charge in [-0.1, -0.05) is 29.8 Å². The molecule has 0 aliphatic heterocycles. The lowest BCUT2D eigenvalue weighted by molar-refractivity contribution is -0.138. The predicted molar refractivity (Wildman–Crippen MR) is 69.1 cm³/mol. The van der Waals surface area contributed by atoms with Crippen LogP contribution in [0.5, 0.6) is 0 Å². The molecule has 108 valence electrons. The number of halogens is 3. The van der Waals surface area contributed by atoms with Crippen molar-refractivity contribution in [2.45, 2.75) is 32.0 Å². The van der Waals surface area contributed by atoms with Crippen LogP contribution in [-0.4, -0.2) is 26.4 Å². The highest BCUT2D eigenvalue weighted by atomic mass is 19.4. The summed E-state index contributed by atoms with van der Waals surface area (Å²) in [4.78, 5) is 0. The van der Waals surface area contributed by atoms with Crippen LogP contribution in [0.15, 0.2) is 24.3 Å². The number of rotatable bonds is 7. The van der Waals surface area contributed by atoms with Gasteiger partial charge < -0.3 is 10.1 Å². The van der Waals surface area contributed by atoms with E-state index in [2.05, 4.69) is 5.32 Å². The number of likely N-dealkylation sites (N-methyl/N-ethyl adjacent to an activating group) is 1. The van der Waals surface area contributed by atoms with E-state index in [4.69, 9.17) is 4.74 Å². The number of aryl methyl sites for hydroxylation is 1. The predicted octanol–water partition coefficient (Wildman–Crippen LogP) is 3.61. The van der Waals surface area contributed by atoms with E-state index in [1.165, 1.54) is 0 Å². The minimum absolute atomic E-state index is 0.00443. The number of hydrogen-bond acceptors (Lipinski definition) is 2. The number of benzene rings is 1. The molecule has 0 amide bonds. The van der Waals surface area contributed by atoms with Crippen molar-refractivity contribution < 1.29 is 17.9 Å². The van der Waals surface area contributed by atoms with Gasteiger partial charge in [-0.2, -0.15) is 13.2 Å². The second-order valence-corrected chi connectivity index (χ2v) is 4.55. The molecule has 0 aliphatic rings. The lowest BCUT2D eigenvalue weighted by Crippen LogP contribution is -2.20. The Kier molecular flexibility index (Phi) is 6.31. The number of ether oxygens (including phenoxy) is 1. The summed E-state index contributed by atoms with van der Waals surface area (Å²) in [6, 6.07) is 7.82. The standard InChI is InChI=1S/C14H20F3NO/c1-11-5-3-6-12(9-11)13(10-18-2)19-8-4-7-14(15,16)17/h3,5-6,9,13,18H,4,7-8,10H2,1-2H3. The lowest BCUT2D eigenvalue weighted by atomic mass is 10.1. The third kappa shape index (κ3) is 6.59. The Balaban J connectivity index is 2.49. The van der Waals surface area contributed by atoms with Crippen LogP contribution in [0.25, 0.3) is 0 Å². The molecule has 1 atom stereocenters. The Morgan fingerprint density at radius 2 is 2.05 bits per heavy atom. The van der Waals surface area contributed by atoms with Crippen LogP contribution >= 0.6 is 0 Å². The summed E-state index contributed by atoms with van der Waals surface area (Å²) in [6.07, 6.45) is -5.12. The maximum absolute atomic E-state index is 12.0. The molecule has 1 N–H and O–H groups in total. The van der Waals surface area contributed by atoms with Gasteiger partial charge in [0.15, 0.2) is 0 Å². The molecule has 0 aliphatic carbocycles. The van der Waals surface area contributed by atoms with Gasteiger partial charge >= 0.3 is 6.18 Å². The molecule has 2 nitrogen and oxygen atoms in total. The molecule has 1 aromatic rings. The van der Waals surface area contributed by atoms with Crippen molar-refractivity contribution in [3.05, 3.63) is 35.4 Å². The molecular weight excluding hydrogens is 255 g/mol. The summed E-state index contributed by atoms with van der Waals surface area (Å²) >= 11 is 0. The second-order valence-electron chi connectivity index (χ2n) is 4.55. The monoisotopic (exact) mass is 275 g/mol. The molecule has 0 aromatic heterocycles. The fraction of sp³-hybridized carbons (Fsp3) is 0.571. The van der Waals surface area contributed by atoms with Gasteiger partial charge in [-0.25, -0.2) is 0 Å².